The summed E-state index contributed by atoms with van der Waals surface area (Å²) < 4.78 is 23.8. The molecule has 0 bridgehead atoms. The predicted molar refractivity (Wildman–Crippen MR) is 68.8 cm³/mol. The number of benzene rings is 1. The molecule has 1 unspecified atom stereocenters. The first-order valence-electron chi connectivity index (χ1n) is 6.38. The lowest BCUT2D eigenvalue weighted by atomic mass is 9.97. The summed E-state index contributed by atoms with van der Waals surface area (Å²) in [6, 6.07) is 3.59. The molecule has 1 fully saturated rings. The maximum atomic E-state index is 13.6. The van der Waals surface area contributed by atoms with E-state index in [1.54, 1.807) is 13.2 Å². The second-order valence-electron chi connectivity index (χ2n) is 4.65. The van der Waals surface area contributed by atoms with Gasteiger partial charge in [-0.1, -0.05) is 6.42 Å². The van der Waals surface area contributed by atoms with Crippen molar-refractivity contribution in [2.45, 2.75) is 31.7 Å². The lowest BCUT2D eigenvalue weighted by Gasteiger charge is -2.24. The average Bonchev–Trinajstić information content (AvgIpc) is 2.41. The highest BCUT2D eigenvalue weighted by Gasteiger charge is 2.17. The van der Waals surface area contributed by atoms with Crippen molar-refractivity contribution in [3.63, 3.8) is 0 Å². The van der Waals surface area contributed by atoms with E-state index in [9.17, 15) is 4.39 Å². The van der Waals surface area contributed by atoms with Gasteiger partial charge in [-0.3, -0.25) is 0 Å². The Kier molecular flexibility index (Phi) is 4.42. The quantitative estimate of drug-likeness (QED) is 0.894. The van der Waals surface area contributed by atoms with Gasteiger partial charge in [-0.15, -0.1) is 0 Å². The fourth-order valence-corrected chi connectivity index (χ4v) is 2.45. The number of hydrogen-bond donors (Lipinski definition) is 1. The van der Waals surface area contributed by atoms with Gasteiger partial charge in [0.05, 0.1) is 14.2 Å². The molecule has 1 saturated heterocycles. The number of halogens is 1. The number of piperidine rings is 1. The van der Waals surface area contributed by atoms with E-state index in [2.05, 4.69) is 5.32 Å². The minimum absolute atomic E-state index is 0.279. The maximum absolute atomic E-state index is 13.6. The summed E-state index contributed by atoms with van der Waals surface area (Å²) >= 11 is 0. The monoisotopic (exact) mass is 253 g/mol. The first-order chi connectivity index (χ1) is 8.74. The molecule has 0 spiro atoms. The molecule has 0 aliphatic carbocycles. The van der Waals surface area contributed by atoms with Crippen LogP contribution in [0, 0.1) is 5.82 Å². The van der Waals surface area contributed by atoms with Gasteiger partial charge < -0.3 is 14.8 Å². The summed E-state index contributed by atoms with van der Waals surface area (Å²) in [6.07, 6.45) is 4.49. The van der Waals surface area contributed by atoms with Crippen LogP contribution < -0.4 is 14.8 Å². The number of methoxy groups -OCH3 is 2. The Morgan fingerprint density at radius 1 is 1.22 bits per heavy atom. The summed E-state index contributed by atoms with van der Waals surface area (Å²) in [7, 11) is 3.05. The van der Waals surface area contributed by atoms with Gasteiger partial charge in [-0.25, -0.2) is 4.39 Å². The van der Waals surface area contributed by atoms with Gasteiger partial charge in [0.15, 0.2) is 11.6 Å². The van der Waals surface area contributed by atoms with Crippen molar-refractivity contribution in [2.24, 2.45) is 0 Å². The van der Waals surface area contributed by atoms with Crippen LogP contribution in [0.3, 0.4) is 0 Å². The predicted octanol–water partition coefficient (Wildman–Crippen LogP) is 2.53. The third-order valence-corrected chi connectivity index (χ3v) is 3.43. The van der Waals surface area contributed by atoms with E-state index in [0.29, 0.717) is 11.8 Å². The smallest absolute Gasteiger partial charge is 0.168 e. The summed E-state index contributed by atoms with van der Waals surface area (Å²) in [6.45, 7) is 1.06. The van der Waals surface area contributed by atoms with Crippen molar-refractivity contribution in [3.8, 4) is 11.5 Å². The zero-order chi connectivity index (χ0) is 13.0. The van der Waals surface area contributed by atoms with Crippen LogP contribution in [0.2, 0.25) is 0 Å². The van der Waals surface area contributed by atoms with Gasteiger partial charge >= 0.3 is 0 Å². The molecule has 1 heterocycles. The maximum Gasteiger partial charge on any atom is 0.168 e. The highest BCUT2D eigenvalue weighted by molar-refractivity contribution is 5.42. The lowest BCUT2D eigenvalue weighted by Crippen LogP contribution is -2.35. The van der Waals surface area contributed by atoms with Gasteiger partial charge in [-0.2, -0.15) is 0 Å². The highest BCUT2D eigenvalue weighted by atomic mass is 19.1. The minimum atomic E-state index is -0.380. The van der Waals surface area contributed by atoms with Crippen LogP contribution in [0.25, 0.3) is 0 Å². The molecule has 18 heavy (non-hydrogen) atoms. The standard InChI is InChI=1S/C14H20FNO2/c1-17-13-9-12(15)14(18-2)8-10(13)7-11-5-3-4-6-16-11/h8-9,11,16H,3-7H2,1-2H3. The largest absolute Gasteiger partial charge is 0.496 e. The van der Waals surface area contributed by atoms with E-state index in [1.165, 1.54) is 26.0 Å². The third kappa shape index (κ3) is 2.93. The molecule has 1 atom stereocenters. The zero-order valence-corrected chi connectivity index (χ0v) is 11.0. The van der Waals surface area contributed by atoms with E-state index in [1.807, 2.05) is 0 Å². The molecular formula is C14H20FNO2. The molecule has 1 aromatic rings. The Hall–Kier alpha value is -1.29. The van der Waals surface area contributed by atoms with Gasteiger partial charge in [0.2, 0.25) is 0 Å². The summed E-state index contributed by atoms with van der Waals surface area (Å²) in [5.74, 6) is 0.497. The van der Waals surface area contributed by atoms with E-state index >= 15 is 0 Å². The van der Waals surface area contributed by atoms with Gasteiger partial charge in [0.1, 0.15) is 5.75 Å². The van der Waals surface area contributed by atoms with E-state index in [0.717, 1.165) is 24.9 Å². The van der Waals surface area contributed by atoms with Crippen LogP contribution in [0.1, 0.15) is 24.8 Å². The molecular weight excluding hydrogens is 233 g/mol. The van der Waals surface area contributed by atoms with Crippen molar-refractivity contribution in [3.05, 3.63) is 23.5 Å². The molecule has 1 N–H and O–H groups in total. The molecule has 1 aromatic carbocycles. The minimum Gasteiger partial charge on any atom is -0.496 e. The van der Waals surface area contributed by atoms with E-state index in [4.69, 9.17) is 9.47 Å². The molecule has 2 rings (SSSR count). The Bertz CT molecular complexity index is 403. The van der Waals surface area contributed by atoms with Crippen molar-refractivity contribution < 1.29 is 13.9 Å². The van der Waals surface area contributed by atoms with Crippen LogP contribution in [0.5, 0.6) is 11.5 Å². The van der Waals surface area contributed by atoms with Crippen LogP contribution in [-0.4, -0.2) is 26.8 Å². The number of ether oxygens (including phenoxy) is 2. The molecule has 1 aliphatic rings. The third-order valence-electron chi connectivity index (χ3n) is 3.43. The van der Waals surface area contributed by atoms with E-state index in [-0.39, 0.29) is 11.6 Å². The average molecular weight is 253 g/mol. The molecule has 1 aliphatic heterocycles. The Morgan fingerprint density at radius 3 is 2.61 bits per heavy atom. The topological polar surface area (TPSA) is 30.5 Å². The van der Waals surface area contributed by atoms with Crippen LogP contribution in [0.4, 0.5) is 4.39 Å². The molecule has 0 amide bonds. The van der Waals surface area contributed by atoms with Gasteiger partial charge in [-0.05, 0) is 37.4 Å². The first-order valence-corrected chi connectivity index (χ1v) is 6.38. The number of hydrogen-bond acceptors (Lipinski definition) is 3. The molecule has 0 aromatic heterocycles. The van der Waals surface area contributed by atoms with Crippen LogP contribution in [0.15, 0.2) is 12.1 Å². The van der Waals surface area contributed by atoms with Crippen molar-refractivity contribution in [1.82, 2.24) is 5.32 Å². The van der Waals surface area contributed by atoms with Crippen molar-refractivity contribution >= 4 is 0 Å². The van der Waals surface area contributed by atoms with Gasteiger partial charge in [0.25, 0.3) is 0 Å². The number of rotatable bonds is 4. The Labute approximate surface area is 107 Å². The second kappa shape index (κ2) is 6.05. The van der Waals surface area contributed by atoms with Crippen molar-refractivity contribution in [1.29, 1.82) is 0 Å². The molecule has 4 heteroatoms. The second-order valence-corrected chi connectivity index (χ2v) is 4.65. The lowest BCUT2D eigenvalue weighted by molar-refractivity contribution is 0.365. The molecule has 0 saturated carbocycles. The van der Waals surface area contributed by atoms with E-state index < -0.39 is 0 Å². The van der Waals surface area contributed by atoms with Crippen molar-refractivity contribution in [2.75, 3.05) is 20.8 Å². The Balaban J connectivity index is 2.18. The fourth-order valence-electron chi connectivity index (χ4n) is 2.45. The summed E-state index contributed by atoms with van der Waals surface area (Å²) in [5.41, 5.74) is 0.996. The summed E-state index contributed by atoms with van der Waals surface area (Å²) in [4.78, 5) is 0. The normalized spacial score (nSPS) is 19.6. The highest BCUT2D eigenvalue weighted by Crippen LogP contribution is 2.29. The molecule has 3 nitrogen and oxygen atoms in total. The molecule has 0 radical (unpaired) electrons. The Morgan fingerprint density at radius 2 is 2.00 bits per heavy atom. The fraction of sp³-hybridized carbons (Fsp3) is 0.571. The summed E-state index contributed by atoms with van der Waals surface area (Å²) in [5, 5.41) is 3.48. The van der Waals surface area contributed by atoms with Gasteiger partial charge in [0, 0.05) is 12.1 Å². The SMILES string of the molecule is COc1cc(CC2CCCCN2)c(OC)cc1F. The van der Waals surface area contributed by atoms with Crippen LogP contribution >= 0.6 is 0 Å². The molecule has 100 valence electrons. The zero-order valence-electron chi connectivity index (χ0n) is 11.0. The van der Waals surface area contributed by atoms with Crippen LogP contribution in [-0.2, 0) is 6.42 Å². The number of nitrogens with one attached hydrogen (secondary N) is 1. The first kappa shape index (κ1) is 13.1.